The number of halogens is 2. The maximum Gasteiger partial charge on any atom is 0.254 e. The maximum atomic E-state index is 14.9. The lowest BCUT2D eigenvalue weighted by molar-refractivity contribution is -0.118. The quantitative estimate of drug-likeness (QED) is 0.926. The minimum absolute atomic E-state index is 0. The van der Waals surface area contributed by atoms with Crippen LogP contribution in [0.5, 0.6) is 0 Å². The Hall–Kier alpha value is -1.98. The van der Waals surface area contributed by atoms with Crippen molar-refractivity contribution >= 4 is 11.8 Å². The Morgan fingerprint density at radius 1 is 1.45 bits per heavy atom. The van der Waals surface area contributed by atoms with E-state index in [0.29, 0.717) is 29.7 Å². The van der Waals surface area contributed by atoms with Crippen molar-refractivity contribution in [2.45, 2.75) is 36.8 Å². The van der Waals surface area contributed by atoms with Crippen LogP contribution in [0, 0.1) is 5.82 Å². The average Bonchev–Trinajstić information content (AvgIpc) is 3.35. The zero-order valence-corrected chi connectivity index (χ0v) is 11.9. The molecule has 1 aromatic carbocycles. The first kappa shape index (κ1) is 13.7. The molecular weight excluding hydrogens is 290 g/mol. The molecule has 2 aliphatic carbocycles. The van der Waals surface area contributed by atoms with Crippen LogP contribution in [0.4, 0.5) is 8.78 Å². The van der Waals surface area contributed by atoms with E-state index >= 15 is 0 Å². The number of nitrogens with two attached hydrogens (primary N) is 1. The van der Waals surface area contributed by atoms with Gasteiger partial charge in [0.25, 0.3) is 5.91 Å². The van der Waals surface area contributed by atoms with E-state index in [2.05, 4.69) is 0 Å². The first-order chi connectivity index (χ1) is 10.4. The summed E-state index contributed by atoms with van der Waals surface area (Å²) in [6.45, 7) is 0.157. The van der Waals surface area contributed by atoms with Crippen molar-refractivity contribution in [2.24, 2.45) is 5.73 Å². The van der Waals surface area contributed by atoms with Gasteiger partial charge in [-0.1, -0.05) is 6.07 Å². The largest absolute Gasteiger partial charge is 0.368 e. The SMILES string of the molecule is NC(=O)CN1CC2(CC2)c2c(ccc([C@H]3C[C@@H]3F)c2F)C1=O.[HH]. The summed E-state index contributed by atoms with van der Waals surface area (Å²) < 4.78 is 28.2. The molecule has 22 heavy (non-hydrogen) atoms. The zero-order valence-electron chi connectivity index (χ0n) is 11.9. The zero-order chi connectivity index (χ0) is 15.6. The van der Waals surface area contributed by atoms with Gasteiger partial charge in [0, 0.05) is 30.4 Å². The van der Waals surface area contributed by atoms with Gasteiger partial charge >= 0.3 is 0 Å². The van der Waals surface area contributed by atoms with Crippen LogP contribution >= 0.6 is 0 Å². The third kappa shape index (κ3) is 1.86. The lowest BCUT2D eigenvalue weighted by Gasteiger charge is -2.34. The van der Waals surface area contributed by atoms with E-state index in [1.165, 1.54) is 11.0 Å². The molecule has 0 bridgehead atoms. The van der Waals surface area contributed by atoms with Crippen molar-refractivity contribution in [3.63, 3.8) is 0 Å². The van der Waals surface area contributed by atoms with E-state index in [0.717, 1.165) is 12.8 Å². The van der Waals surface area contributed by atoms with Crippen LogP contribution in [-0.4, -0.2) is 36.0 Å². The predicted octanol–water partition coefficient (Wildman–Crippen LogP) is 1.87. The normalized spacial score (nSPS) is 27.7. The molecule has 2 saturated carbocycles. The molecule has 4 rings (SSSR count). The van der Waals surface area contributed by atoms with Crippen LogP contribution in [0.25, 0.3) is 0 Å². The summed E-state index contributed by atoms with van der Waals surface area (Å²) in [6, 6.07) is 3.09. The van der Waals surface area contributed by atoms with Crippen molar-refractivity contribution in [1.82, 2.24) is 4.90 Å². The molecule has 0 saturated heterocycles. The molecule has 2 N–H and O–H groups in total. The molecule has 1 spiro atoms. The molecule has 0 unspecified atom stereocenters. The maximum absolute atomic E-state index is 14.9. The fourth-order valence-corrected chi connectivity index (χ4v) is 3.62. The molecule has 2 atom stereocenters. The van der Waals surface area contributed by atoms with Gasteiger partial charge in [0.15, 0.2) is 0 Å². The van der Waals surface area contributed by atoms with Gasteiger partial charge in [-0.3, -0.25) is 9.59 Å². The smallest absolute Gasteiger partial charge is 0.254 e. The van der Waals surface area contributed by atoms with Crippen LogP contribution in [-0.2, 0) is 10.2 Å². The van der Waals surface area contributed by atoms with Crippen LogP contribution in [0.3, 0.4) is 0 Å². The third-order valence-corrected chi connectivity index (χ3v) is 5.03. The molecule has 2 fully saturated rings. The van der Waals surface area contributed by atoms with Crippen LogP contribution < -0.4 is 5.73 Å². The second-order valence-electron chi connectivity index (χ2n) is 6.66. The Morgan fingerprint density at radius 3 is 2.68 bits per heavy atom. The Kier molecular flexibility index (Phi) is 2.65. The van der Waals surface area contributed by atoms with E-state index in [4.69, 9.17) is 5.73 Å². The molecule has 3 aliphatic rings. The van der Waals surface area contributed by atoms with Crippen molar-refractivity contribution in [3.8, 4) is 0 Å². The van der Waals surface area contributed by atoms with Crippen LogP contribution in [0.1, 0.15) is 48.1 Å². The summed E-state index contributed by atoms with van der Waals surface area (Å²) in [5.74, 6) is -1.75. The number of fused-ring (bicyclic) bond motifs is 2. The summed E-state index contributed by atoms with van der Waals surface area (Å²) >= 11 is 0. The number of carbonyl (C=O) groups excluding carboxylic acids is 2. The molecule has 0 radical (unpaired) electrons. The third-order valence-electron chi connectivity index (χ3n) is 5.03. The molecular formula is C16H18F2N2O2. The highest BCUT2D eigenvalue weighted by Crippen LogP contribution is 2.55. The fourth-order valence-electron chi connectivity index (χ4n) is 3.62. The molecule has 2 amide bonds. The summed E-state index contributed by atoms with van der Waals surface area (Å²) in [5, 5.41) is 0. The number of alkyl halides is 1. The minimum Gasteiger partial charge on any atom is -0.368 e. The van der Waals surface area contributed by atoms with Gasteiger partial charge in [-0.05, 0) is 30.9 Å². The van der Waals surface area contributed by atoms with Gasteiger partial charge < -0.3 is 10.6 Å². The Bertz CT molecular complexity index is 706. The highest BCUT2D eigenvalue weighted by molar-refractivity contribution is 5.99. The van der Waals surface area contributed by atoms with E-state index in [1.807, 2.05) is 0 Å². The number of benzene rings is 1. The van der Waals surface area contributed by atoms with Gasteiger partial charge in [0.05, 0.1) is 6.54 Å². The van der Waals surface area contributed by atoms with E-state index < -0.39 is 23.3 Å². The Balaban J connectivity index is 0.00000156. The topological polar surface area (TPSA) is 63.4 Å². The lowest BCUT2D eigenvalue weighted by atomic mass is 9.84. The molecule has 6 heteroatoms. The minimum atomic E-state index is -0.978. The first-order valence-electron chi connectivity index (χ1n) is 7.47. The molecule has 118 valence electrons. The highest BCUT2D eigenvalue weighted by Gasteiger charge is 2.54. The van der Waals surface area contributed by atoms with E-state index in [-0.39, 0.29) is 19.8 Å². The van der Waals surface area contributed by atoms with Crippen molar-refractivity contribution < 1.29 is 19.8 Å². The highest BCUT2D eigenvalue weighted by atomic mass is 19.1. The Morgan fingerprint density at radius 2 is 2.14 bits per heavy atom. The number of rotatable bonds is 3. The summed E-state index contributed by atoms with van der Waals surface area (Å²) in [7, 11) is 0. The number of nitrogens with zero attached hydrogens (tertiary/aromatic N) is 1. The fraction of sp³-hybridized carbons (Fsp3) is 0.500. The van der Waals surface area contributed by atoms with Gasteiger partial charge in [0.1, 0.15) is 12.0 Å². The standard InChI is InChI=1S/C16H16F2N2O2.H2/c17-11-5-10(11)8-1-2-9-13(14(8)18)16(3-4-16)7-20(15(9)22)6-12(19)21;/h1-2,10-11H,3-7H2,(H2,19,21);1H/t10-,11+;/m1./s1. The number of primary amides is 1. The molecule has 1 heterocycles. The van der Waals surface area contributed by atoms with Gasteiger partial charge in [-0.25, -0.2) is 8.78 Å². The second kappa shape index (κ2) is 4.27. The summed E-state index contributed by atoms with van der Waals surface area (Å²) in [4.78, 5) is 25.0. The molecule has 1 aromatic rings. The van der Waals surface area contributed by atoms with E-state index in [9.17, 15) is 18.4 Å². The second-order valence-corrected chi connectivity index (χ2v) is 6.66. The summed E-state index contributed by atoms with van der Waals surface area (Å²) in [6.07, 6.45) is 0.914. The number of hydrogen-bond acceptors (Lipinski definition) is 2. The van der Waals surface area contributed by atoms with Gasteiger partial charge in [0.2, 0.25) is 5.91 Å². The number of carbonyl (C=O) groups is 2. The average molecular weight is 308 g/mol. The summed E-state index contributed by atoms with van der Waals surface area (Å²) in [5.41, 5.74) is 5.87. The van der Waals surface area contributed by atoms with Crippen molar-refractivity contribution in [3.05, 3.63) is 34.6 Å². The number of hydrogen-bond donors (Lipinski definition) is 1. The van der Waals surface area contributed by atoms with Crippen molar-refractivity contribution in [2.75, 3.05) is 13.1 Å². The van der Waals surface area contributed by atoms with Crippen LogP contribution in [0.2, 0.25) is 0 Å². The van der Waals surface area contributed by atoms with Crippen molar-refractivity contribution in [1.29, 1.82) is 0 Å². The van der Waals surface area contributed by atoms with E-state index in [1.54, 1.807) is 6.07 Å². The Labute approximate surface area is 127 Å². The first-order valence-corrected chi connectivity index (χ1v) is 7.47. The lowest BCUT2D eigenvalue weighted by Crippen LogP contribution is -2.47. The molecule has 1 aliphatic heterocycles. The van der Waals surface area contributed by atoms with Gasteiger partial charge in [-0.2, -0.15) is 0 Å². The molecule has 4 nitrogen and oxygen atoms in total. The predicted molar refractivity (Wildman–Crippen MR) is 76.8 cm³/mol. The molecule has 0 aromatic heterocycles. The van der Waals surface area contributed by atoms with Crippen LogP contribution in [0.15, 0.2) is 12.1 Å². The number of amides is 2. The van der Waals surface area contributed by atoms with Gasteiger partial charge in [-0.15, -0.1) is 0 Å². The monoisotopic (exact) mass is 308 g/mol.